The fourth-order valence-electron chi connectivity index (χ4n) is 2.80. The molecule has 21 heavy (non-hydrogen) atoms. The maximum Gasteiger partial charge on any atom is 0.509 e. The Morgan fingerprint density at radius 1 is 0.952 bits per heavy atom. The van der Waals surface area contributed by atoms with Crippen molar-refractivity contribution in [3.05, 3.63) is 11.1 Å². The highest BCUT2D eigenvalue weighted by Gasteiger charge is 2.61. The first kappa shape index (κ1) is 13.9. The Morgan fingerprint density at radius 2 is 1.38 bits per heavy atom. The summed E-state index contributed by atoms with van der Waals surface area (Å²) in [4.78, 5) is 33.2. The van der Waals surface area contributed by atoms with Crippen LogP contribution >= 0.6 is 0 Å². The van der Waals surface area contributed by atoms with E-state index < -0.39 is 42.5 Å². The van der Waals surface area contributed by atoms with E-state index in [4.69, 9.17) is 23.7 Å². The molecule has 0 saturated carbocycles. The van der Waals surface area contributed by atoms with Crippen molar-refractivity contribution in [2.45, 2.75) is 38.3 Å². The lowest BCUT2D eigenvalue weighted by atomic mass is 9.88. The maximum absolute atomic E-state index is 11.2. The van der Waals surface area contributed by atoms with Crippen LogP contribution in [-0.4, -0.2) is 55.7 Å². The van der Waals surface area contributed by atoms with Crippen molar-refractivity contribution in [1.29, 1.82) is 0 Å². The van der Waals surface area contributed by atoms with Gasteiger partial charge in [-0.1, -0.05) is 0 Å². The molecule has 3 heterocycles. The van der Waals surface area contributed by atoms with Gasteiger partial charge in [-0.15, -0.1) is 0 Å². The molecule has 0 aliphatic carbocycles. The topological polar surface area (TPSA) is 97.4 Å². The zero-order valence-electron chi connectivity index (χ0n) is 11.5. The monoisotopic (exact) mass is 298 g/mol. The second kappa shape index (κ2) is 5.03. The summed E-state index contributed by atoms with van der Waals surface area (Å²) < 4.78 is 25.8. The van der Waals surface area contributed by atoms with Crippen LogP contribution in [-0.2, 0) is 33.3 Å². The van der Waals surface area contributed by atoms with Crippen LogP contribution < -0.4 is 0 Å². The number of rotatable bonds is 4. The van der Waals surface area contributed by atoms with Gasteiger partial charge in [0.15, 0.2) is 12.2 Å². The first-order chi connectivity index (χ1) is 9.97. The standard InChI is InChI=1S/C13H14O8/c1-5(14)17-3-7-8(4-18-6(2)15)10-12-11(9(7)19-10)20-13(16)21-12/h9-12H,3-4H2,1-2H3/t9-,10-,11-,12+/m1/s1. The first-order valence-corrected chi connectivity index (χ1v) is 6.48. The van der Waals surface area contributed by atoms with Crippen LogP contribution in [0, 0.1) is 0 Å². The summed E-state index contributed by atoms with van der Waals surface area (Å²) in [6.07, 6.45) is -2.90. The molecular weight excluding hydrogens is 284 g/mol. The molecule has 0 amide bonds. The fraction of sp³-hybridized carbons (Fsp3) is 0.615. The third-order valence-electron chi connectivity index (χ3n) is 3.64. The van der Waals surface area contributed by atoms with Gasteiger partial charge in [0.1, 0.15) is 25.4 Å². The molecule has 3 aliphatic heterocycles. The quantitative estimate of drug-likeness (QED) is 0.409. The van der Waals surface area contributed by atoms with Crippen LogP contribution in [0.5, 0.6) is 0 Å². The number of hydrogen-bond donors (Lipinski definition) is 0. The summed E-state index contributed by atoms with van der Waals surface area (Å²) in [6, 6.07) is 0. The highest BCUT2D eigenvalue weighted by Crippen LogP contribution is 2.45. The molecule has 0 aromatic carbocycles. The average Bonchev–Trinajstić information content (AvgIpc) is 3.02. The van der Waals surface area contributed by atoms with Gasteiger partial charge in [-0.05, 0) is 0 Å². The molecule has 0 N–H and O–H groups in total. The van der Waals surface area contributed by atoms with E-state index in [9.17, 15) is 14.4 Å². The third-order valence-corrected chi connectivity index (χ3v) is 3.64. The minimum atomic E-state index is -0.746. The molecule has 4 atom stereocenters. The van der Waals surface area contributed by atoms with Gasteiger partial charge in [0.2, 0.25) is 0 Å². The van der Waals surface area contributed by atoms with Gasteiger partial charge in [0.25, 0.3) is 0 Å². The summed E-state index contributed by atoms with van der Waals surface area (Å²) in [6.45, 7) is 2.60. The molecule has 2 bridgehead atoms. The van der Waals surface area contributed by atoms with Gasteiger partial charge in [-0.2, -0.15) is 0 Å². The first-order valence-electron chi connectivity index (χ1n) is 6.48. The zero-order valence-corrected chi connectivity index (χ0v) is 11.5. The van der Waals surface area contributed by atoms with E-state index in [2.05, 4.69) is 0 Å². The number of carbonyl (C=O) groups is 3. The highest BCUT2D eigenvalue weighted by atomic mass is 16.8. The number of carbonyl (C=O) groups excluding carboxylic acids is 3. The van der Waals surface area contributed by atoms with Crippen molar-refractivity contribution in [2.75, 3.05) is 13.2 Å². The molecule has 0 spiro atoms. The Labute approximate surface area is 119 Å². The van der Waals surface area contributed by atoms with Gasteiger partial charge in [-0.3, -0.25) is 9.59 Å². The molecule has 3 rings (SSSR count). The SMILES string of the molecule is CC(=O)OCC1=C(COC(C)=O)[C@H]2O[C@H]1[C@@H]1OC(=O)O[C@@H]12. The Kier molecular flexibility index (Phi) is 3.32. The smallest absolute Gasteiger partial charge is 0.461 e. The van der Waals surface area contributed by atoms with E-state index in [-0.39, 0.29) is 13.2 Å². The number of hydrogen-bond acceptors (Lipinski definition) is 8. The van der Waals surface area contributed by atoms with Crippen LogP contribution in [0.1, 0.15) is 13.8 Å². The molecule has 3 aliphatic rings. The molecule has 0 aromatic heterocycles. The molecule has 2 fully saturated rings. The van der Waals surface area contributed by atoms with Crippen LogP contribution in [0.4, 0.5) is 4.79 Å². The Bertz CT molecular complexity index is 492. The number of ether oxygens (including phenoxy) is 5. The second-order valence-corrected chi connectivity index (χ2v) is 5.00. The van der Waals surface area contributed by atoms with E-state index in [1.807, 2.05) is 0 Å². The minimum Gasteiger partial charge on any atom is -0.461 e. The second-order valence-electron chi connectivity index (χ2n) is 5.00. The Balaban J connectivity index is 1.82. The van der Waals surface area contributed by atoms with Gasteiger partial charge < -0.3 is 23.7 Å². The molecule has 0 radical (unpaired) electrons. The Morgan fingerprint density at radius 3 is 1.76 bits per heavy atom. The lowest BCUT2D eigenvalue weighted by Gasteiger charge is -2.22. The highest BCUT2D eigenvalue weighted by molar-refractivity contribution is 5.67. The third kappa shape index (κ3) is 2.35. The van der Waals surface area contributed by atoms with Crippen LogP contribution in [0.15, 0.2) is 11.1 Å². The van der Waals surface area contributed by atoms with E-state index in [0.29, 0.717) is 11.1 Å². The van der Waals surface area contributed by atoms with E-state index in [1.54, 1.807) is 0 Å². The minimum absolute atomic E-state index is 0.00781. The molecule has 2 saturated heterocycles. The molecule has 0 aromatic rings. The van der Waals surface area contributed by atoms with Gasteiger partial charge in [0.05, 0.1) is 0 Å². The molecule has 0 unspecified atom stereocenters. The van der Waals surface area contributed by atoms with E-state index in [1.165, 1.54) is 13.8 Å². The molecule has 8 nitrogen and oxygen atoms in total. The van der Waals surface area contributed by atoms with Crippen molar-refractivity contribution in [3.8, 4) is 0 Å². The lowest BCUT2D eigenvalue weighted by molar-refractivity contribution is -0.141. The predicted molar refractivity (Wildman–Crippen MR) is 64.1 cm³/mol. The summed E-state index contributed by atoms with van der Waals surface area (Å²) in [5.74, 6) is -0.873. The molecule has 8 heteroatoms. The summed E-state index contributed by atoms with van der Waals surface area (Å²) in [5, 5.41) is 0. The van der Waals surface area contributed by atoms with E-state index in [0.717, 1.165) is 0 Å². The lowest BCUT2D eigenvalue weighted by Crippen LogP contribution is -2.38. The zero-order chi connectivity index (χ0) is 15.1. The van der Waals surface area contributed by atoms with Crippen molar-refractivity contribution in [1.82, 2.24) is 0 Å². The Hall–Kier alpha value is -2.09. The van der Waals surface area contributed by atoms with Crippen molar-refractivity contribution >= 4 is 18.1 Å². The van der Waals surface area contributed by atoms with Crippen LogP contribution in [0.25, 0.3) is 0 Å². The summed E-state index contributed by atoms with van der Waals surface area (Å²) in [5.41, 5.74) is 1.33. The van der Waals surface area contributed by atoms with E-state index >= 15 is 0 Å². The summed E-state index contributed by atoms with van der Waals surface area (Å²) in [7, 11) is 0. The van der Waals surface area contributed by atoms with Gasteiger partial charge in [-0.25, -0.2) is 4.79 Å². The van der Waals surface area contributed by atoms with Gasteiger partial charge >= 0.3 is 18.1 Å². The normalized spacial score (nSPS) is 32.6. The fourth-order valence-corrected chi connectivity index (χ4v) is 2.80. The summed E-state index contributed by atoms with van der Waals surface area (Å²) >= 11 is 0. The van der Waals surface area contributed by atoms with Crippen LogP contribution in [0.2, 0.25) is 0 Å². The van der Waals surface area contributed by atoms with Crippen molar-refractivity contribution < 1.29 is 38.1 Å². The number of esters is 2. The molecular formula is C13H14O8. The maximum atomic E-state index is 11.2. The average molecular weight is 298 g/mol. The van der Waals surface area contributed by atoms with Crippen LogP contribution in [0.3, 0.4) is 0 Å². The van der Waals surface area contributed by atoms with Crippen molar-refractivity contribution in [2.24, 2.45) is 0 Å². The number of fused-ring (bicyclic) bond motifs is 5. The molecule has 114 valence electrons. The largest absolute Gasteiger partial charge is 0.509 e. The van der Waals surface area contributed by atoms with Crippen molar-refractivity contribution in [3.63, 3.8) is 0 Å². The van der Waals surface area contributed by atoms with Gasteiger partial charge in [0, 0.05) is 25.0 Å². The predicted octanol–water partition coefficient (Wildman–Crippen LogP) is 0.0942.